The fourth-order valence-electron chi connectivity index (χ4n) is 2.44. The Labute approximate surface area is 106 Å². The van der Waals surface area contributed by atoms with Gasteiger partial charge in [-0.25, -0.2) is 0 Å². The molecule has 1 unspecified atom stereocenters. The number of ether oxygens (including phenoxy) is 1. The lowest BCUT2D eigenvalue weighted by Crippen LogP contribution is -2.51. The van der Waals surface area contributed by atoms with Crippen molar-refractivity contribution in [2.75, 3.05) is 53.0 Å². The van der Waals surface area contributed by atoms with E-state index in [4.69, 9.17) is 4.74 Å². The maximum absolute atomic E-state index is 9.28. The van der Waals surface area contributed by atoms with Crippen LogP contribution < -0.4 is 0 Å². The Kier molecular flexibility index (Phi) is 7.77. The van der Waals surface area contributed by atoms with Crippen LogP contribution in [-0.4, -0.2) is 74.0 Å². The summed E-state index contributed by atoms with van der Waals surface area (Å²) in [4.78, 5) is 4.95. The zero-order valence-electron chi connectivity index (χ0n) is 11.4. The number of rotatable bonds is 8. The van der Waals surface area contributed by atoms with Crippen molar-refractivity contribution >= 4 is 0 Å². The summed E-state index contributed by atoms with van der Waals surface area (Å²) in [6, 6.07) is 0.366. The molecule has 0 saturated carbocycles. The SMILES string of the molecule is CCC(CO)N1CCN(CCCCOC)CC1. The van der Waals surface area contributed by atoms with Gasteiger partial charge in [-0.05, 0) is 25.8 Å². The van der Waals surface area contributed by atoms with Gasteiger partial charge in [0.15, 0.2) is 0 Å². The highest BCUT2D eigenvalue weighted by Crippen LogP contribution is 2.09. The van der Waals surface area contributed by atoms with Crippen LogP contribution in [-0.2, 0) is 4.74 Å². The third-order valence-corrected chi connectivity index (χ3v) is 3.68. The van der Waals surface area contributed by atoms with E-state index in [0.717, 1.165) is 45.6 Å². The molecule has 1 aliphatic rings. The molecule has 0 spiro atoms. The van der Waals surface area contributed by atoms with Crippen LogP contribution in [0.3, 0.4) is 0 Å². The number of methoxy groups -OCH3 is 1. The molecule has 1 N–H and O–H groups in total. The van der Waals surface area contributed by atoms with Gasteiger partial charge in [-0.15, -0.1) is 0 Å². The van der Waals surface area contributed by atoms with Gasteiger partial charge < -0.3 is 14.7 Å². The van der Waals surface area contributed by atoms with E-state index in [9.17, 15) is 5.11 Å². The summed E-state index contributed by atoms with van der Waals surface area (Å²) in [5.41, 5.74) is 0. The van der Waals surface area contributed by atoms with E-state index in [1.165, 1.54) is 13.0 Å². The highest BCUT2D eigenvalue weighted by Gasteiger charge is 2.21. The molecule has 102 valence electrons. The molecule has 1 atom stereocenters. The van der Waals surface area contributed by atoms with Gasteiger partial charge in [-0.2, -0.15) is 0 Å². The summed E-state index contributed by atoms with van der Waals surface area (Å²) in [5.74, 6) is 0. The van der Waals surface area contributed by atoms with Crippen molar-refractivity contribution < 1.29 is 9.84 Å². The topological polar surface area (TPSA) is 35.9 Å². The van der Waals surface area contributed by atoms with Crippen LogP contribution in [0.5, 0.6) is 0 Å². The predicted octanol–water partition coefficient (Wildman–Crippen LogP) is 0.802. The lowest BCUT2D eigenvalue weighted by Gasteiger charge is -2.38. The van der Waals surface area contributed by atoms with Crippen LogP contribution in [0.25, 0.3) is 0 Å². The average molecular weight is 244 g/mol. The molecule has 4 nitrogen and oxygen atoms in total. The standard InChI is InChI=1S/C13H28N2O2/c1-3-13(12-16)15-9-7-14(8-10-15)6-4-5-11-17-2/h13,16H,3-12H2,1-2H3. The fraction of sp³-hybridized carbons (Fsp3) is 1.00. The number of aliphatic hydroxyl groups is 1. The lowest BCUT2D eigenvalue weighted by atomic mass is 10.1. The number of piperazine rings is 1. The van der Waals surface area contributed by atoms with Crippen molar-refractivity contribution in [3.63, 3.8) is 0 Å². The molecule has 0 aromatic carbocycles. The van der Waals surface area contributed by atoms with Crippen LogP contribution in [0.4, 0.5) is 0 Å². The minimum atomic E-state index is 0.296. The molecule has 0 bridgehead atoms. The second-order valence-corrected chi connectivity index (χ2v) is 4.82. The molecular formula is C13H28N2O2. The van der Waals surface area contributed by atoms with E-state index in [0.29, 0.717) is 12.6 Å². The van der Waals surface area contributed by atoms with Crippen LogP contribution in [0.2, 0.25) is 0 Å². The summed E-state index contributed by atoms with van der Waals surface area (Å²) < 4.78 is 5.05. The van der Waals surface area contributed by atoms with Crippen molar-refractivity contribution in [2.24, 2.45) is 0 Å². The first-order valence-corrected chi connectivity index (χ1v) is 6.88. The molecule has 17 heavy (non-hydrogen) atoms. The lowest BCUT2D eigenvalue weighted by molar-refractivity contribution is 0.0621. The van der Waals surface area contributed by atoms with Crippen molar-refractivity contribution in [3.8, 4) is 0 Å². The minimum Gasteiger partial charge on any atom is -0.395 e. The second kappa shape index (κ2) is 8.86. The number of hydrogen-bond donors (Lipinski definition) is 1. The number of nitrogens with zero attached hydrogens (tertiary/aromatic N) is 2. The molecule has 1 fully saturated rings. The predicted molar refractivity (Wildman–Crippen MR) is 70.3 cm³/mol. The van der Waals surface area contributed by atoms with Gasteiger partial charge >= 0.3 is 0 Å². The van der Waals surface area contributed by atoms with Gasteiger partial charge in [0.25, 0.3) is 0 Å². The van der Waals surface area contributed by atoms with E-state index < -0.39 is 0 Å². The molecule has 1 saturated heterocycles. The number of aliphatic hydroxyl groups excluding tert-OH is 1. The average Bonchev–Trinajstić information content (AvgIpc) is 2.38. The Morgan fingerprint density at radius 2 is 1.88 bits per heavy atom. The summed E-state index contributed by atoms with van der Waals surface area (Å²) in [5, 5.41) is 9.28. The minimum absolute atomic E-state index is 0.296. The first-order chi connectivity index (χ1) is 8.31. The van der Waals surface area contributed by atoms with Crippen molar-refractivity contribution in [1.29, 1.82) is 0 Å². The molecule has 0 aromatic heterocycles. The maximum Gasteiger partial charge on any atom is 0.0586 e. The first kappa shape index (κ1) is 14.9. The zero-order valence-corrected chi connectivity index (χ0v) is 11.4. The van der Waals surface area contributed by atoms with Crippen LogP contribution in [0, 0.1) is 0 Å². The van der Waals surface area contributed by atoms with E-state index in [2.05, 4.69) is 16.7 Å². The Morgan fingerprint density at radius 3 is 2.41 bits per heavy atom. The summed E-state index contributed by atoms with van der Waals surface area (Å²) >= 11 is 0. The van der Waals surface area contributed by atoms with Gasteiger partial charge in [0, 0.05) is 45.9 Å². The van der Waals surface area contributed by atoms with Crippen molar-refractivity contribution in [2.45, 2.75) is 32.2 Å². The Bertz CT molecular complexity index is 178. The van der Waals surface area contributed by atoms with Gasteiger partial charge in [-0.1, -0.05) is 6.92 Å². The van der Waals surface area contributed by atoms with Gasteiger partial charge in [0.1, 0.15) is 0 Å². The van der Waals surface area contributed by atoms with E-state index in [1.807, 2.05) is 0 Å². The third-order valence-electron chi connectivity index (χ3n) is 3.68. The third kappa shape index (κ3) is 5.34. The van der Waals surface area contributed by atoms with Gasteiger partial charge in [0.05, 0.1) is 6.61 Å². The van der Waals surface area contributed by atoms with Crippen LogP contribution in [0.15, 0.2) is 0 Å². The highest BCUT2D eigenvalue weighted by molar-refractivity contribution is 4.77. The van der Waals surface area contributed by atoms with Crippen LogP contribution >= 0.6 is 0 Å². The van der Waals surface area contributed by atoms with E-state index >= 15 is 0 Å². The van der Waals surface area contributed by atoms with Crippen molar-refractivity contribution in [1.82, 2.24) is 9.80 Å². The van der Waals surface area contributed by atoms with Crippen molar-refractivity contribution in [3.05, 3.63) is 0 Å². The first-order valence-electron chi connectivity index (χ1n) is 6.88. The van der Waals surface area contributed by atoms with E-state index in [-0.39, 0.29) is 0 Å². The highest BCUT2D eigenvalue weighted by atomic mass is 16.5. The normalized spacial score (nSPS) is 20.6. The largest absolute Gasteiger partial charge is 0.395 e. The summed E-state index contributed by atoms with van der Waals surface area (Å²) in [6.07, 6.45) is 3.43. The van der Waals surface area contributed by atoms with Gasteiger partial charge in [-0.3, -0.25) is 4.90 Å². The molecule has 4 heteroatoms. The quantitative estimate of drug-likeness (QED) is 0.641. The Morgan fingerprint density at radius 1 is 1.18 bits per heavy atom. The van der Waals surface area contributed by atoms with Gasteiger partial charge in [0.2, 0.25) is 0 Å². The molecule has 0 aromatic rings. The molecule has 0 aliphatic carbocycles. The van der Waals surface area contributed by atoms with E-state index in [1.54, 1.807) is 7.11 Å². The number of hydrogen-bond acceptors (Lipinski definition) is 4. The Balaban J connectivity index is 2.12. The molecule has 1 rings (SSSR count). The molecule has 1 heterocycles. The molecule has 0 amide bonds. The summed E-state index contributed by atoms with van der Waals surface area (Å²) in [7, 11) is 1.76. The zero-order chi connectivity index (χ0) is 12.5. The molecule has 1 aliphatic heterocycles. The fourth-order valence-corrected chi connectivity index (χ4v) is 2.44. The number of unbranched alkanes of at least 4 members (excludes halogenated alkanes) is 1. The van der Waals surface area contributed by atoms with Crippen LogP contribution in [0.1, 0.15) is 26.2 Å². The Hall–Kier alpha value is -0.160. The second-order valence-electron chi connectivity index (χ2n) is 4.82. The summed E-state index contributed by atoms with van der Waals surface area (Å²) in [6.45, 7) is 9.00. The monoisotopic (exact) mass is 244 g/mol. The smallest absolute Gasteiger partial charge is 0.0586 e. The maximum atomic E-state index is 9.28. The molecular weight excluding hydrogens is 216 g/mol. The molecule has 0 radical (unpaired) electrons.